The Morgan fingerprint density at radius 1 is 1.20 bits per heavy atom. The van der Waals surface area contributed by atoms with Crippen molar-refractivity contribution in [3.8, 4) is 5.75 Å². The average molecular weight is 530 g/mol. The van der Waals surface area contributed by atoms with Crippen LogP contribution < -0.4 is 15.4 Å². The minimum atomic E-state index is -0.0548. The number of piperidine rings is 1. The number of rotatable bonds is 9. The first kappa shape index (κ1) is 24.7. The highest BCUT2D eigenvalue weighted by molar-refractivity contribution is 14.0. The lowest BCUT2D eigenvalue weighted by Gasteiger charge is -2.34. The van der Waals surface area contributed by atoms with Gasteiger partial charge < -0.3 is 25.0 Å². The number of halogens is 1. The van der Waals surface area contributed by atoms with Crippen molar-refractivity contribution in [1.29, 1.82) is 0 Å². The molecule has 1 aliphatic carbocycles. The molecule has 1 saturated heterocycles. The molecule has 0 spiro atoms. The first-order chi connectivity index (χ1) is 14.2. The minimum absolute atomic E-state index is 0. The van der Waals surface area contributed by atoms with Crippen LogP contribution in [0.25, 0.3) is 0 Å². The highest BCUT2D eigenvalue weighted by Gasteiger charge is 2.23. The molecule has 7 nitrogen and oxygen atoms in total. The van der Waals surface area contributed by atoms with Gasteiger partial charge in [-0.3, -0.25) is 4.79 Å². The van der Waals surface area contributed by atoms with E-state index in [-0.39, 0.29) is 36.5 Å². The largest absolute Gasteiger partial charge is 0.484 e. The van der Waals surface area contributed by atoms with Gasteiger partial charge in [0.2, 0.25) is 0 Å². The van der Waals surface area contributed by atoms with E-state index in [1.807, 2.05) is 24.3 Å². The molecule has 1 heterocycles. The Bertz CT molecular complexity index is 689. The van der Waals surface area contributed by atoms with Crippen LogP contribution in [0.1, 0.15) is 45.1 Å². The topological polar surface area (TPSA) is 75.2 Å². The standard InChI is InChI=1S/C22H34N4O3.HI/c1-3-23-22(26-12-10-19(11-13-26)28-4-2)24-15-17-6-5-7-20(14-17)29-16-21(27)25-18-8-9-18;/h5-7,14,18-19H,3-4,8-13,15-16H2,1-2H3,(H,23,24)(H,25,27);1H. The van der Waals surface area contributed by atoms with E-state index >= 15 is 0 Å². The van der Waals surface area contributed by atoms with Gasteiger partial charge in [-0.2, -0.15) is 0 Å². The van der Waals surface area contributed by atoms with Crippen LogP contribution in [0.4, 0.5) is 0 Å². The summed E-state index contributed by atoms with van der Waals surface area (Å²) in [5, 5.41) is 6.33. The molecule has 1 aromatic rings. The number of guanidine groups is 1. The second-order valence-corrected chi connectivity index (χ2v) is 7.59. The number of nitrogens with one attached hydrogen (secondary N) is 2. The Labute approximate surface area is 197 Å². The summed E-state index contributed by atoms with van der Waals surface area (Å²) in [7, 11) is 0. The molecule has 0 unspecified atom stereocenters. The lowest BCUT2D eigenvalue weighted by atomic mass is 10.1. The van der Waals surface area contributed by atoms with Crippen molar-refractivity contribution < 1.29 is 14.3 Å². The van der Waals surface area contributed by atoms with Gasteiger partial charge in [0.25, 0.3) is 5.91 Å². The molecular formula is C22H35IN4O3. The van der Waals surface area contributed by atoms with E-state index in [0.29, 0.717) is 24.4 Å². The number of amides is 1. The van der Waals surface area contributed by atoms with Crippen LogP contribution in [-0.2, 0) is 16.1 Å². The predicted octanol–water partition coefficient (Wildman–Crippen LogP) is 2.93. The molecule has 2 aliphatic rings. The number of nitrogens with zero attached hydrogens (tertiary/aromatic N) is 2. The molecule has 2 N–H and O–H groups in total. The van der Waals surface area contributed by atoms with Gasteiger partial charge in [-0.05, 0) is 57.2 Å². The summed E-state index contributed by atoms with van der Waals surface area (Å²) < 4.78 is 11.4. The minimum Gasteiger partial charge on any atom is -0.484 e. The Hall–Kier alpha value is -1.55. The average Bonchev–Trinajstić information content (AvgIpc) is 3.55. The zero-order valence-electron chi connectivity index (χ0n) is 18.1. The van der Waals surface area contributed by atoms with Crippen LogP contribution in [0.15, 0.2) is 29.3 Å². The smallest absolute Gasteiger partial charge is 0.258 e. The van der Waals surface area contributed by atoms with Crippen LogP contribution in [-0.4, -0.2) is 61.8 Å². The van der Waals surface area contributed by atoms with Gasteiger partial charge in [-0.15, -0.1) is 24.0 Å². The Morgan fingerprint density at radius 2 is 1.97 bits per heavy atom. The number of carbonyl (C=O) groups excluding carboxylic acids is 1. The molecule has 1 aromatic carbocycles. The number of hydrogen-bond donors (Lipinski definition) is 2. The first-order valence-electron chi connectivity index (χ1n) is 10.8. The van der Waals surface area contributed by atoms with Crippen molar-refractivity contribution in [2.24, 2.45) is 4.99 Å². The molecule has 8 heteroatoms. The van der Waals surface area contributed by atoms with Crippen LogP contribution in [0.5, 0.6) is 5.75 Å². The predicted molar refractivity (Wildman–Crippen MR) is 130 cm³/mol. The lowest BCUT2D eigenvalue weighted by molar-refractivity contribution is -0.123. The molecule has 2 fully saturated rings. The lowest BCUT2D eigenvalue weighted by Crippen LogP contribution is -2.47. The monoisotopic (exact) mass is 530 g/mol. The summed E-state index contributed by atoms with van der Waals surface area (Å²) in [4.78, 5) is 18.9. The van der Waals surface area contributed by atoms with E-state index in [4.69, 9.17) is 14.5 Å². The Morgan fingerprint density at radius 3 is 2.63 bits per heavy atom. The van der Waals surface area contributed by atoms with E-state index in [9.17, 15) is 4.79 Å². The number of hydrogen-bond acceptors (Lipinski definition) is 4. The maximum atomic E-state index is 11.8. The molecule has 1 amide bonds. The van der Waals surface area contributed by atoms with E-state index < -0.39 is 0 Å². The first-order valence-corrected chi connectivity index (χ1v) is 10.8. The molecule has 0 aromatic heterocycles. The van der Waals surface area contributed by atoms with Crippen LogP contribution in [0.3, 0.4) is 0 Å². The van der Waals surface area contributed by atoms with E-state index in [0.717, 1.165) is 63.4 Å². The summed E-state index contributed by atoms with van der Waals surface area (Å²) in [6.07, 6.45) is 4.59. The van der Waals surface area contributed by atoms with E-state index in [2.05, 4.69) is 29.4 Å². The zero-order chi connectivity index (χ0) is 20.5. The number of aliphatic imine (C=N–C) groups is 1. The van der Waals surface area contributed by atoms with Crippen molar-refractivity contribution in [2.45, 2.75) is 58.2 Å². The van der Waals surface area contributed by atoms with Gasteiger partial charge >= 0.3 is 0 Å². The van der Waals surface area contributed by atoms with Gasteiger partial charge in [0, 0.05) is 32.3 Å². The maximum Gasteiger partial charge on any atom is 0.258 e. The van der Waals surface area contributed by atoms with Gasteiger partial charge in [-0.25, -0.2) is 4.99 Å². The number of likely N-dealkylation sites (tertiary alicyclic amines) is 1. The van der Waals surface area contributed by atoms with Crippen LogP contribution in [0.2, 0.25) is 0 Å². The Balaban J connectivity index is 0.00000320. The van der Waals surface area contributed by atoms with Crippen molar-refractivity contribution in [2.75, 3.05) is 32.8 Å². The molecule has 30 heavy (non-hydrogen) atoms. The zero-order valence-corrected chi connectivity index (χ0v) is 20.4. The van der Waals surface area contributed by atoms with Gasteiger partial charge in [0.05, 0.1) is 12.6 Å². The summed E-state index contributed by atoms with van der Waals surface area (Å²) in [5.74, 6) is 1.59. The molecule has 3 rings (SSSR count). The number of carbonyl (C=O) groups is 1. The van der Waals surface area contributed by atoms with Gasteiger partial charge in [0.15, 0.2) is 12.6 Å². The summed E-state index contributed by atoms with van der Waals surface area (Å²) in [6, 6.07) is 8.17. The van der Waals surface area contributed by atoms with Gasteiger partial charge in [-0.1, -0.05) is 12.1 Å². The summed E-state index contributed by atoms with van der Waals surface area (Å²) >= 11 is 0. The van der Waals surface area contributed by atoms with Crippen molar-refractivity contribution in [3.05, 3.63) is 29.8 Å². The van der Waals surface area contributed by atoms with Crippen molar-refractivity contribution >= 4 is 35.8 Å². The fourth-order valence-electron chi connectivity index (χ4n) is 3.44. The molecular weight excluding hydrogens is 495 g/mol. The Kier molecular flexibility index (Phi) is 10.7. The second kappa shape index (κ2) is 13.0. The van der Waals surface area contributed by atoms with E-state index in [1.54, 1.807) is 0 Å². The van der Waals surface area contributed by atoms with Crippen LogP contribution in [0, 0.1) is 0 Å². The van der Waals surface area contributed by atoms with E-state index in [1.165, 1.54) is 0 Å². The molecule has 1 saturated carbocycles. The summed E-state index contributed by atoms with van der Waals surface area (Å²) in [6.45, 7) is 8.28. The summed E-state index contributed by atoms with van der Waals surface area (Å²) in [5.41, 5.74) is 1.06. The van der Waals surface area contributed by atoms with Crippen LogP contribution >= 0.6 is 24.0 Å². The second-order valence-electron chi connectivity index (χ2n) is 7.59. The molecule has 0 radical (unpaired) electrons. The molecule has 1 aliphatic heterocycles. The molecule has 168 valence electrons. The SMILES string of the molecule is CCNC(=NCc1cccc(OCC(=O)NC2CC2)c1)N1CCC(OCC)CC1.I. The van der Waals surface area contributed by atoms with Gasteiger partial charge in [0.1, 0.15) is 5.75 Å². The maximum absolute atomic E-state index is 11.8. The highest BCUT2D eigenvalue weighted by atomic mass is 127. The quantitative estimate of drug-likeness (QED) is 0.292. The molecule has 0 atom stereocenters. The van der Waals surface area contributed by atoms with Crippen molar-refractivity contribution in [3.63, 3.8) is 0 Å². The number of benzene rings is 1. The number of ether oxygens (including phenoxy) is 2. The molecule has 0 bridgehead atoms. The fourth-order valence-corrected chi connectivity index (χ4v) is 3.44. The normalized spacial score (nSPS) is 17.3. The third-order valence-corrected chi connectivity index (χ3v) is 5.10. The van der Waals surface area contributed by atoms with Crippen molar-refractivity contribution in [1.82, 2.24) is 15.5 Å². The fraction of sp³-hybridized carbons (Fsp3) is 0.636. The third kappa shape index (κ3) is 8.29. The highest BCUT2D eigenvalue weighted by Crippen LogP contribution is 2.19. The third-order valence-electron chi connectivity index (χ3n) is 5.10.